The second kappa shape index (κ2) is 4.86. The highest BCUT2D eigenvalue weighted by Crippen LogP contribution is 2.32. The lowest BCUT2D eigenvalue weighted by molar-refractivity contribution is -0.291. The zero-order valence-electron chi connectivity index (χ0n) is 10.1. The van der Waals surface area contributed by atoms with Gasteiger partial charge in [-0.2, -0.15) is 0 Å². The summed E-state index contributed by atoms with van der Waals surface area (Å²) in [5.74, 6) is -0.662. The molecule has 1 aromatic heterocycles. The van der Waals surface area contributed by atoms with Crippen LogP contribution in [0, 0.1) is 12.3 Å². The topological polar surface area (TPSA) is 145 Å². The van der Waals surface area contributed by atoms with E-state index in [0.29, 0.717) is 4.57 Å². The van der Waals surface area contributed by atoms with Crippen molar-refractivity contribution in [2.24, 2.45) is 0 Å². The second-order valence-electron chi connectivity index (χ2n) is 4.25. The third-order valence-electron chi connectivity index (χ3n) is 3.04. The molecule has 1 aromatic rings. The maximum absolute atomic E-state index is 11.7. The minimum absolute atomic E-state index is 0.282. The molecule has 4 atom stereocenters. The lowest BCUT2D eigenvalue weighted by atomic mass is 10.1. The number of nitrogens with zero attached hydrogens (tertiary/aromatic N) is 1. The lowest BCUT2D eigenvalue weighted by Gasteiger charge is -2.27. The van der Waals surface area contributed by atoms with Crippen LogP contribution in [0.15, 0.2) is 15.8 Å². The average Bonchev–Trinajstić information content (AvgIpc) is 2.64. The number of ether oxygens (including phenoxy) is 1. The summed E-state index contributed by atoms with van der Waals surface area (Å²) in [7, 11) is 0. The first kappa shape index (κ1) is 14.4. The number of aromatic nitrogens is 2. The number of aliphatic hydroxyl groups is 4. The van der Waals surface area contributed by atoms with Crippen molar-refractivity contribution in [3.8, 4) is 12.3 Å². The molecule has 0 spiro atoms. The fourth-order valence-corrected chi connectivity index (χ4v) is 1.94. The summed E-state index contributed by atoms with van der Waals surface area (Å²) >= 11 is 0. The summed E-state index contributed by atoms with van der Waals surface area (Å²) < 4.78 is 5.36. The Morgan fingerprint density at radius 1 is 1.50 bits per heavy atom. The Balaban J connectivity index is 2.60. The first-order valence-electron chi connectivity index (χ1n) is 5.55. The van der Waals surface area contributed by atoms with Gasteiger partial charge in [0.15, 0.2) is 6.10 Å². The quantitative estimate of drug-likeness (QED) is 0.350. The molecule has 0 unspecified atom stereocenters. The molecule has 1 saturated heterocycles. The zero-order valence-corrected chi connectivity index (χ0v) is 10.1. The maximum atomic E-state index is 11.7. The van der Waals surface area contributed by atoms with Gasteiger partial charge >= 0.3 is 5.69 Å². The van der Waals surface area contributed by atoms with Crippen molar-refractivity contribution >= 4 is 0 Å². The van der Waals surface area contributed by atoms with E-state index < -0.39 is 42.1 Å². The van der Waals surface area contributed by atoms with Gasteiger partial charge in [0.1, 0.15) is 17.8 Å². The van der Waals surface area contributed by atoms with Crippen molar-refractivity contribution < 1.29 is 25.2 Å². The van der Waals surface area contributed by atoms with Crippen LogP contribution >= 0.6 is 0 Å². The van der Waals surface area contributed by atoms with Crippen molar-refractivity contribution in [1.29, 1.82) is 0 Å². The van der Waals surface area contributed by atoms with Gasteiger partial charge in [-0.05, 0) is 0 Å². The molecule has 0 saturated carbocycles. The Kier molecular flexibility index (Phi) is 3.51. The molecule has 2 rings (SSSR count). The van der Waals surface area contributed by atoms with Crippen LogP contribution in [-0.4, -0.2) is 54.9 Å². The standard InChI is InChI=1S/C11H12N2O7/c1-2-5-3-13(10(18)12-9(5)17)11(19)8(16)7(15)6(4-14)20-11/h1,3,6-8,14-16,19H,4H2,(H,12,17,18)/t6-,7-,8+,11-/m1/s1. The molecule has 0 aliphatic carbocycles. The molecule has 108 valence electrons. The van der Waals surface area contributed by atoms with Crippen LogP contribution in [-0.2, 0) is 10.6 Å². The third kappa shape index (κ3) is 1.96. The van der Waals surface area contributed by atoms with Crippen molar-refractivity contribution in [3.63, 3.8) is 0 Å². The van der Waals surface area contributed by atoms with E-state index in [0.717, 1.165) is 6.20 Å². The molecule has 9 nitrogen and oxygen atoms in total. The maximum Gasteiger partial charge on any atom is 0.332 e. The Morgan fingerprint density at radius 2 is 2.15 bits per heavy atom. The van der Waals surface area contributed by atoms with Gasteiger partial charge in [-0.3, -0.25) is 9.78 Å². The van der Waals surface area contributed by atoms with E-state index >= 15 is 0 Å². The van der Waals surface area contributed by atoms with E-state index in [4.69, 9.17) is 16.3 Å². The van der Waals surface area contributed by atoms with Gasteiger partial charge in [0, 0.05) is 6.20 Å². The van der Waals surface area contributed by atoms with Gasteiger partial charge in [0.2, 0.25) is 0 Å². The molecular weight excluding hydrogens is 272 g/mol. The number of hydrogen-bond acceptors (Lipinski definition) is 7. The number of terminal acetylenes is 1. The number of aromatic amines is 1. The van der Waals surface area contributed by atoms with Crippen LogP contribution in [0.1, 0.15) is 5.56 Å². The molecule has 0 radical (unpaired) electrons. The Hall–Kier alpha value is -1.96. The van der Waals surface area contributed by atoms with Gasteiger partial charge in [-0.25, -0.2) is 9.36 Å². The molecule has 0 amide bonds. The van der Waals surface area contributed by atoms with Gasteiger partial charge in [0.25, 0.3) is 11.5 Å². The van der Waals surface area contributed by atoms with E-state index in [1.165, 1.54) is 0 Å². The van der Waals surface area contributed by atoms with Gasteiger partial charge < -0.3 is 25.2 Å². The monoisotopic (exact) mass is 284 g/mol. The highest BCUT2D eigenvalue weighted by molar-refractivity contribution is 5.26. The number of aliphatic hydroxyl groups excluding tert-OH is 3. The molecule has 5 N–H and O–H groups in total. The highest BCUT2D eigenvalue weighted by Gasteiger charge is 2.55. The highest BCUT2D eigenvalue weighted by atomic mass is 16.7. The van der Waals surface area contributed by atoms with Gasteiger partial charge in [-0.1, -0.05) is 5.92 Å². The summed E-state index contributed by atoms with van der Waals surface area (Å²) in [6, 6.07) is 0. The summed E-state index contributed by atoms with van der Waals surface area (Å²) in [5, 5.41) is 38.6. The zero-order chi connectivity index (χ0) is 15.1. The molecule has 9 heteroatoms. The van der Waals surface area contributed by atoms with Crippen LogP contribution in [0.4, 0.5) is 0 Å². The van der Waals surface area contributed by atoms with Crippen LogP contribution < -0.4 is 11.2 Å². The molecule has 1 aliphatic heterocycles. The van der Waals surface area contributed by atoms with Crippen molar-refractivity contribution in [2.75, 3.05) is 6.61 Å². The van der Waals surface area contributed by atoms with Crippen molar-refractivity contribution in [2.45, 2.75) is 24.2 Å². The number of H-pyrrole nitrogens is 1. The predicted molar refractivity (Wildman–Crippen MR) is 63.4 cm³/mol. The third-order valence-corrected chi connectivity index (χ3v) is 3.04. The minimum Gasteiger partial charge on any atom is -0.394 e. The molecule has 2 heterocycles. The lowest BCUT2D eigenvalue weighted by Crippen LogP contribution is -2.51. The number of hydrogen-bond donors (Lipinski definition) is 5. The Morgan fingerprint density at radius 3 is 2.65 bits per heavy atom. The van der Waals surface area contributed by atoms with Crippen molar-refractivity contribution in [1.82, 2.24) is 9.55 Å². The van der Waals surface area contributed by atoms with Gasteiger partial charge in [-0.15, -0.1) is 6.42 Å². The number of nitrogens with one attached hydrogen (secondary N) is 1. The smallest absolute Gasteiger partial charge is 0.332 e. The predicted octanol–water partition coefficient (Wildman–Crippen LogP) is -3.77. The molecule has 20 heavy (non-hydrogen) atoms. The summed E-state index contributed by atoms with van der Waals surface area (Å²) in [5.41, 5.74) is -2.22. The van der Waals surface area contributed by atoms with E-state index in [-0.39, 0.29) is 5.56 Å². The fraction of sp³-hybridized carbons (Fsp3) is 0.455. The van der Waals surface area contributed by atoms with Crippen LogP contribution in [0.2, 0.25) is 0 Å². The summed E-state index contributed by atoms with van der Waals surface area (Å²) in [6.45, 7) is -0.694. The molecule has 0 bridgehead atoms. The Labute approximate surface area is 111 Å². The molecule has 1 aliphatic rings. The summed E-state index contributed by atoms with van der Waals surface area (Å²) in [4.78, 5) is 24.9. The van der Waals surface area contributed by atoms with Crippen LogP contribution in [0.25, 0.3) is 0 Å². The molecular formula is C11H12N2O7. The normalized spacial score (nSPS) is 33.0. The Bertz CT molecular complexity index is 673. The van der Waals surface area contributed by atoms with Crippen LogP contribution in [0.5, 0.6) is 0 Å². The van der Waals surface area contributed by atoms with E-state index in [1.807, 2.05) is 10.9 Å². The van der Waals surface area contributed by atoms with E-state index in [1.54, 1.807) is 0 Å². The van der Waals surface area contributed by atoms with Gasteiger partial charge in [0.05, 0.1) is 6.61 Å². The second-order valence-corrected chi connectivity index (χ2v) is 4.25. The SMILES string of the molecule is C#Cc1cn([C@]2(O)O[C@H](CO)[C@@H](O)[C@@H]2O)c(=O)[nH]c1=O. The molecule has 1 fully saturated rings. The number of rotatable bonds is 2. The minimum atomic E-state index is -2.65. The van der Waals surface area contributed by atoms with E-state index in [9.17, 15) is 24.9 Å². The van der Waals surface area contributed by atoms with Crippen molar-refractivity contribution in [3.05, 3.63) is 32.6 Å². The van der Waals surface area contributed by atoms with Crippen LogP contribution in [0.3, 0.4) is 0 Å². The summed E-state index contributed by atoms with van der Waals surface area (Å²) in [6.07, 6.45) is 1.03. The first-order chi connectivity index (χ1) is 9.35. The molecule has 0 aromatic carbocycles. The van der Waals surface area contributed by atoms with E-state index in [2.05, 4.69) is 0 Å². The average molecular weight is 284 g/mol. The largest absolute Gasteiger partial charge is 0.394 e. The fourth-order valence-electron chi connectivity index (χ4n) is 1.94. The first-order valence-corrected chi connectivity index (χ1v) is 5.55.